The molecule has 15 heteroatoms. The molecule has 1 atom stereocenters. The second-order valence-corrected chi connectivity index (χ2v) is 14.1. The number of amides is 2. The van der Waals surface area contributed by atoms with Gasteiger partial charge in [0.05, 0.1) is 29.4 Å². The molecule has 0 radical (unpaired) electrons. The lowest BCUT2D eigenvalue weighted by atomic mass is 9.94. The van der Waals surface area contributed by atoms with E-state index in [-0.39, 0.29) is 35.1 Å². The zero-order valence-electron chi connectivity index (χ0n) is 26.7. The largest absolute Gasteiger partial charge is 0.434 e. The summed E-state index contributed by atoms with van der Waals surface area (Å²) in [6.45, 7) is 6.37. The molecule has 12 nitrogen and oxygen atoms in total. The number of fused-ring (bicyclic) bond motifs is 1. The molecule has 250 valence electrons. The van der Waals surface area contributed by atoms with Gasteiger partial charge in [0.15, 0.2) is 5.65 Å². The van der Waals surface area contributed by atoms with Gasteiger partial charge in [-0.25, -0.2) is 14.9 Å². The predicted molar refractivity (Wildman–Crippen MR) is 172 cm³/mol. The molecule has 1 saturated heterocycles. The first-order valence-corrected chi connectivity index (χ1v) is 16.3. The SMILES string of the molecule is CC(C)Sc1ccc(OC(F)F)c(C2NN(CC(=O)N3CCC(NCC(C)(C)C#N)CC3)C=C2NC(=O)c2cnn3cccnc23)c1. The second-order valence-electron chi connectivity index (χ2n) is 12.5. The lowest BCUT2D eigenvalue weighted by Gasteiger charge is -2.34. The Hall–Kier alpha value is -4.26. The Morgan fingerprint density at radius 2 is 2.02 bits per heavy atom. The predicted octanol–water partition coefficient (Wildman–Crippen LogP) is 4.09. The van der Waals surface area contributed by atoms with Crippen LogP contribution >= 0.6 is 11.8 Å². The van der Waals surface area contributed by atoms with Crippen molar-refractivity contribution in [1.29, 1.82) is 5.26 Å². The van der Waals surface area contributed by atoms with Gasteiger partial charge in [-0.3, -0.25) is 9.59 Å². The van der Waals surface area contributed by atoms with Crippen molar-refractivity contribution in [2.24, 2.45) is 5.41 Å². The van der Waals surface area contributed by atoms with Crippen LogP contribution in [0.15, 0.2) is 59.6 Å². The number of rotatable bonds is 12. The molecule has 47 heavy (non-hydrogen) atoms. The molecule has 1 aromatic carbocycles. The molecule has 0 spiro atoms. The molecule has 3 aromatic rings. The van der Waals surface area contributed by atoms with Crippen LogP contribution in [-0.4, -0.2) is 80.4 Å². The van der Waals surface area contributed by atoms with Crippen LogP contribution in [0.5, 0.6) is 5.75 Å². The molecule has 2 amide bonds. The molecular formula is C32H39F2N9O3S. The number of benzene rings is 1. The maximum absolute atomic E-state index is 13.5. The van der Waals surface area contributed by atoms with E-state index in [0.29, 0.717) is 36.5 Å². The molecule has 5 rings (SSSR count). The Bertz CT molecular complexity index is 1660. The van der Waals surface area contributed by atoms with Crippen LogP contribution in [0.2, 0.25) is 0 Å². The Morgan fingerprint density at radius 1 is 1.26 bits per heavy atom. The number of piperidine rings is 1. The third-order valence-corrected chi connectivity index (χ3v) is 8.85. The summed E-state index contributed by atoms with van der Waals surface area (Å²) in [5.41, 5.74) is 4.05. The van der Waals surface area contributed by atoms with Crippen molar-refractivity contribution in [1.82, 2.24) is 40.6 Å². The third-order valence-electron chi connectivity index (χ3n) is 7.85. The van der Waals surface area contributed by atoms with E-state index >= 15 is 0 Å². The van der Waals surface area contributed by atoms with Crippen LogP contribution in [0.1, 0.15) is 62.5 Å². The summed E-state index contributed by atoms with van der Waals surface area (Å²) in [6, 6.07) is 8.34. The molecule has 2 aromatic heterocycles. The standard InChI is InChI=1S/C32H39F2N9O3S/c1-20(2)47-22-6-7-26(46-31(33)34)23(14-22)28-25(39-30(45)24-15-38-43-11-5-10-36-29(24)43)16-42(40-28)17-27(44)41-12-8-21(9-13-41)37-19-32(3,4)18-35/h5-7,10-11,14-16,20-21,28,31,37,40H,8-9,12-13,17,19H2,1-4H3,(H,39,45). The van der Waals surface area contributed by atoms with Crippen LogP contribution in [-0.2, 0) is 4.79 Å². The molecule has 3 N–H and O–H groups in total. The summed E-state index contributed by atoms with van der Waals surface area (Å²) in [4.78, 5) is 33.8. The molecule has 2 aliphatic rings. The van der Waals surface area contributed by atoms with Crippen LogP contribution in [0.25, 0.3) is 5.65 Å². The monoisotopic (exact) mass is 667 g/mol. The maximum atomic E-state index is 13.5. The smallest absolute Gasteiger partial charge is 0.387 e. The zero-order chi connectivity index (χ0) is 33.7. The Labute approximate surface area is 276 Å². The molecular weight excluding hydrogens is 628 g/mol. The highest BCUT2D eigenvalue weighted by atomic mass is 32.2. The van der Waals surface area contributed by atoms with Gasteiger partial charge in [0.1, 0.15) is 17.9 Å². The minimum absolute atomic E-state index is 0.0503. The normalized spacial score (nSPS) is 17.3. The Balaban J connectivity index is 1.36. The number of hydrazine groups is 1. The molecule has 1 fully saturated rings. The van der Waals surface area contributed by atoms with Gasteiger partial charge in [-0.05, 0) is 51.0 Å². The minimum Gasteiger partial charge on any atom is -0.434 e. The molecule has 4 heterocycles. The van der Waals surface area contributed by atoms with Crippen molar-refractivity contribution >= 4 is 29.2 Å². The summed E-state index contributed by atoms with van der Waals surface area (Å²) in [6.07, 6.45) is 7.74. The molecule has 0 saturated carbocycles. The van der Waals surface area contributed by atoms with E-state index < -0.39 is 24.0 Å². The van der Waals surface area contributed by atoms with Crippen molar-refractivity contribution in [2.45, 2.75) is 69.4 Å². The van der Waals surface area contributed by atoms with Crippen molar-refractivity contribution in [3.63, 3.8) is 0 Å². The number of likely N-dealkylation sites (tertiary alicyclic amines) is 1. The number of halogens is 2. The minimum atomic E-state index is -3.06. The fourth-order valence-electron chi connectivity index (χ4n) is 5.45. The van der Waals surface area contributed by atoms with E-state index in [1.54, 1.807) is 58.5 Å². The van der Waals surface area contributed by atoms with Crippen molar-refractivity contribution < 1.29 is 23.1 Å². The number of hydrogen-bond acceptors (Lipinski definition) is 10. The van der Waals surface area contributed by atoms with Crippen LogP contribution < -0.4 is 20.8 Å². The average molecular weight is 668 g/mol. The van der Waals surface area contributed by atoms with Crippen LogP contribution in [0.3, 0.4) is 0 Å². The van der Waals surface area contributed by atoms with Gasteiger partial charge in [-0.1, -0.05) is 13.8 Å². The van der Waals surface area contributed by atoms with E-state index in [2.05, 4.69) is 32.2 Å². The molecule has 2 aliphatic heterocycles. The van der Waals surface area contributed by atoms with Crippen LogP contribution in [0.4, 0.5) is 8.78 Å². The molecule has 1 unspecified atom stereocenters. The number of aromatic nitrogens is 3. The fraction of sp³-hybridized carbons (Fsp3) is 0.469. The van der Waals surface area contributed by atoms with E-state index in [1.165, 1.54) is 16.8 Å². The lowest BCUT2D eigenvalue weighted by molar-refractivity contribution is -0.133. The zero-order valence-corrected chi connectivity index (χ0v) is 27.6. The first kappa shape index (κ1) is 34.1. The number of hydrogen-bond donors (Lipinski definition) is 3. The number of nitriles is 1. The summed E-state index contributed by atoms with van der Waals surface area (Å²) < 4.78 is 33.4. The molecule has 0 bridgehead atoms. The Kier molecular flexibility index (Phi) is 10.6. The fourth-order valence-corrected chi connectivity index (χ4v) is 6.34. The first-order chi connectivity index (χ1) is 22.4. The van der Waals surface area contributed by atoms with Gasteiger partial charge in [-0.15, -0.1) is 11.8 Å². The maximum Gasteiger partial charge on any atom is 0.387 e. The van der Waals surface area contributed by atoms with Gasteiger partial charge in [0.2, 0.25) is 5.91 Å². The number of alkyl halides is 2. The number of carbonyl (C=O) groups is 2. The van der Waals surface area contributed by atoms with E-state index in [4.69, 9.17) is 4.74 Å². The summed E-state index contributed by atoms with van der Waals surface area (Å²) in [5, 5.41) is 21.6. The summed E-state index contributed by atoms with van der Waals surface area (Å²) >= 11 is 1.56. The van der Waals surface area contributed by atoms with Crippen molar-refractivity contribution in [3.05, 3.63) is 65.9 Å². The van der Waals surface area contributed by atoms with E-state index in [9.17, 15) is 23.6 Å². The highest BCUT2D eigenvalue weighted by Crippen LogP contribution is 2.37. The van der Waals surface area contributed by atoms with E-state index in [1.807, 2.05) is 27.7 Å². The third kappa shape index (κ3) is 8.56. The van der Waals surface area contributed by atoms with Gasteiger partial charge < -0.3 is 25.3 Å². The van der Waals surface area contributed by atoms with Gasteiger partial charge in [-0.2, -0.15) is 19.1 Å². The Morgan fingerprint density at radius 3 is 2.72 bits per heavy atom. The van der Waals surface area contributed by atoms with Crippen molar-refractivity contribution in [3.8, 4) is 11.8 Å². The quantitative estimate of drug-likeness (QED) is 0.242. The number of ether oxygens (including phenoxy) is 1. The summed E-state index contributed by atoms with van der Waals surface area (Å²) in [7, 11) is 0. The molecule has 0 aliphatic carbocycles. The van der Waals surface area contributed by atoms with Gasteiger partial charge in [0, 0.05) is 60.0 Å². The number of nitrogens with one attached hydrogen (secondary N) is 3. The summed E-state index contributed by atoms with van der Waals surface area (Å²) in [5.74, 6) is -0.676. The first-order valence-electron chi connectivity index (χ1n) is 15.4. The number of nitrogens with zero attached hydrogens (tertiary/aromatic N) is 6. The lowest BCUT2D eigenvalue weighted by Crippen LogP contribution is -2.49. The average Bonchev–Trinajstić information content (AvgIpc) is 3.64. The van der Waals surface area contributed by atoms with Crippen LogP contribution in [0, 0.1) is 16.7 Å². The topological polar surface area (TPSA) is 140 Å². The van der Waals surface area contributed by atoms with Gasteiger partial charge >= 0.3 is 6.61 Å². The van der Waals surface area contributed by atoms with Gasteiger partial charge in [0.25, 0.3) is 5.91 Å². The van der Waals surface area contributed by atoms with E-state index in [0.717, 1.165) is 17.7 Å². The van der Waals surface area contributed by atoms with Crippen molar-refractivity contribution in [2.75, 3.05) is 26.2 Å². The number of carbonyl (C=O) groups excluding carboxylic acids is 2. The highest BCUT2D eigenvalue weighted by molar-refractivity contribution is 7.99. The number of thioether (sulfide) groups is 1. The second kappa shape index (κ2) is 14.7. The highest BCUT2D eigenvalue weighted by Gasteiger charge is 2.33.